The molecule has 24 heavy (non-hydrogen) atoms. The van der Waals surface area contributed by atoms with E-state index in [0.29, 0.717) is 29.9 Å². The van der Waals surface area contributed by atoms with Gasteiger partial charge in [0.05, 0.1) is 0 Å². The van der Waals surface area contributed by atoms with Crippen LogP contribution >= 0.6 is 0 Å². The molecule has 0 aliphatic heterocycles. The zero-order valence-electron chi connectivity index (χ0n) is 14.0. The van der Waals surface area contributed by atoms with Gasteiger partial charge in [0.15, 0.2) is 0 Å². The molecule has 0 aliphatic rings. The van der Waals surface area contributed by atoms with Crippen LogP contribution in [0.5, 0.6) is 0 Å². The van der Waals surface area contributed by atoms with Gasteiger partial charge in [-0.2, -0.15) is 0 Å². The monoisotopic (exact) mass is 325 g/mol. The van der Waals surface area contributed by atoms with Crippen LogP contribution in [0, 0.1) is 5.92 Å². The average molecular weight is 325 g/mol. The van der Waals surface area contributed by atoms with E-state index < -0.39 is 0 Å². The Morgan fingerprint density at radius 1 is 1.00 bits per heavy atom. The summed E-state index contributed by atoms with van der Waals surface area (Å²) in [6.07, 6.45) is 0.993. The van der Waals surface area contributed by atoms with Gasteiger partial charge in [-0.1, -0.05) is 32.0 Å². The molecule has 0 atom stereocenters. The van der Waals surface area contributed by atoms with E-state index in [1.54, 1.807) is 24.3 Å². The maximum Gasteiger partial charge on any atom is 0.226 e. The molecular weight excluding hydrogens is 302 g/mol. The van der Waals surface area contributed by atoms with E-state index in [1.807, 2.05) is 38.1 Å². The highest BCUT2D eigenvalue weighted by molar-refractivity contribution is 5.94. The molecule has 5 heteroatoms. The minimum atomic E-state index is -0.0958. The summed E-state index contributed by atoms with van der Waals surface area (Å²) in [6.45, 7) is 3.66. The molecule has 0 radical (unpaired) electrons. The molecule has 0 saturated carbocycles. The lowest BCUT2D eigenvalue weighted by atomic mass is 10.1. The van der Waals surface area contributed by atoms with Crippen molar-refractivity contribution < 1.29 is 9.59 Å². The fourth-order valence-electron chi connectivity index (χ4n) is 2.19. The molecule has 2 aromatic carbocycles. The van der Waals surface area contributed by atoms with Crippen molar-refractivity contribution in [2.24, 2.45) is 5.92 Å². The number of amides is 2. The highest BCUT2D eigenvalue weighted by Crippen LogP contribution is 2.17. The van der Waals surface area contributed by atoms with Crippen molar-refractivity contribution in [1.82, 2.24) is 0 Å². The lowest BCUT2D eigenvalue weighted by Gasteiger charge is -2.10. The number of nitrogens with two attached hydrogens (primary N) is 1. The SMILES string of the molecule is CC(C)C(=O)Nc1cccc(NC(=O)CCc2cccc(N)c2)c1. The van der Waals surface area contributed by atoms with Crippen LogP contribution < -0.4 is 16.4 Å². The average Bonchev–Trinajstić information content (AvgIpc) is 2.53. The summed E-state index contributed by atoms with van der Waals surface area (Å²) in [4.78, 5) is 23.8. The van der Waals surface area contributed by atoms with Crippen LogP contribution in [0.3, 0.4) is 0 Å². The summed E-state index contributed by atoms with van der Waals surface area (Å²) in [7, 11) is 0. The largest absolute Gasteiger partial charge is 0.399 e. The number of rotatable bonds is 6. The van der Waals surface area contributed by atoms with Crippen molar-refractivity contribution in [1.29, 1.82) is 0 Å². The molecule has 0 bridgehead atoms. The molecule has 126 valence electrons. The standard InChI is InChI=1S/C19H23N3O2/c1-13(2)19(24)22-17-8-4-7-16(12-17)21-18(23)10-9-14-5-3-6-15(20)11-14/h3-8,11-13H,9-10,20H2,1-2H3,(H,21,23)(H,22,24). The molecule has 5 nitrogen and oxygen atoms in total. The van der Waals surface area contributed by atoms with E-state index in [0.717, 1.165) is 5.56 Å². The van der Waals surface area contributed by atoms with Crippen LogP contribution in [0.25, 0.3) is 0 Å². The fraction of sp³-hybridized carbons (Fsp3) is 0.263. The molecule has 4 N–H and O–H groups in total. The van der Waals surface area contributed by atoms with Gasteiger partial charge in [0.25, 0.3) is 0 Å². The zero-order valence-corrected chi connectivity index (χ0v) is 14.0. The lowest BCUT2D eigenvalue weighted by Crippen LogP contribution is -2.18. The Labute approximate surface area is 142 Å². The highest BCUT2D eigenvalue weighted by Gasteiger charge is 2.08. The van der Waals surface area contributed by atoms with E-state index in [1.165, 1.54) is 0 Å². The first-order valence-corrected chi connectivity index (χ1v) is 7.99. The minimum absolute atomic E-state index is 0.0554. The van der Waals surface area contributed by atoms with Gasteiger partial charge in [-0.05, 0) is 42.3 Å². The topological polar surface area (TPSA) is 84.2 Å². The molecule has 0 unspecified atom stereocenters. The van der Waals surface area contributed by atoms with Crippen LogP contribution in [0.15, 0.2) is 48.5 Å². The fourth-order valence-corrected chi connectivity index (χ4v) is 2.19. The van der Waals surface area contributed by atoms with E-state index in [-0.39, 0.29) is 17.7 Å². The van der Waals surface area contributed by atoms with Crippen molar-refractivity contribution in [3.05, 3.63) is 54.1 Å². The van der Waals surface area contributed by atoms with Crippen molar-refractivity contribution in [3.63, 3.8) is 0 Å². The van der Waals surface area contributed by atoms with Gasteiger partial charge < -0.3 is 16.4 Å². The van der Waals surface area contributed by atoms with Crippen LogP contribution in [0.2, 0.25) is 0 Å². The zero-order chi connectivity index (χ0) is 17.5. The minimum Gasteiger partial charge on any atom is -0.399 e. The molecule has 0 fully saturated rings. The Bertz CT molecular complexity index is 726. The first-order valence-electron chi connectivity index (χ1n) is 7.99. The Hall–Kier alpha value is -2.82. The molecule has 0 heterocycles. The first kappa shape index (κ1) is 17.5. The van der Waals surface area contributed by atoms with Crippen LogP contribution in [-0.4, -0.2) is 11.8 Å². The van der Waals surface area contributed by atoms with Gasteiger partial charge in [0.2, 0.25) is 11.8 Å². The summed E-state index contributed by atoms with van der Waals surface area (Å²) in [5, 5.41) is 5.66. The van der Waals surface area contributed by atoms with Crippen LogP contribution in [0.1, 0.15) is 25.8 Å². The van der Waals surface area contributed by atoms with Crippen molar-refractivity contribution >= 4 is 28.9 Å². The second-order valence-corrected chi connectivity index (χ2v) is 6.02. The van der Waals surface area contributed by atoms with Crippen molar-refractivity contribution in [3.8, 4) is 0 Å². The molecule has 0 aromatic heterocycles. The molecule has 0 spiro atoms. The first-order chi connectivity index (χ1) is 11.4. The molecule has 0 aliphatic carbocycles. The number of nitrogens with one attached hydrogen (secondary N) is 2. The number of hydrogen-bond acceptors (Lipinski definition) is 3. The molecule has 0 saturated heterocycles. The summed E-state index contributed by atoms with van der Waals surface area (Å²) in [5.41, 5.74) is 8.79. The maximum atomic E-state index is 12.1. The van der Waals surface area contributed by atoms with Gasteiger partial charge in [0.1, 0.15) is 0 Å². The van der Waals surface area contributed by atoms with Crippen LogP contribution in [-0.2, 0) is 16.0 Å². The highest BCUT2D eigenvalue weighted by atomic mass is 16.2. The number of carbonyl (C=O) groups is 2. The molecular formula is C19H23N3O2. The number of aryl methyl sites for hydroxylation is 1. The second-order valence-electron chi connectivity index (χ2n) is 6.02. The second kappa shape index (κ2) is 8.15. The van der Waals surface area contributed by atoms with Gasteiger partial charge in [0, 0.05) is 29.4 Å². The van der Waals surface area contributed by atoms with Gasteiger partial charge in [-0.15, -0.1) is 0 Å². The molecule has 2 amide bonds. The third-order valence-electron chi connectivity index (χ3n) is 3.53. The Morgan fingerprint density at radius 2 is 1.67 bits per heavy atom. The number of nitrogen functional groups attached to an aromatic ring is 1. The normalized spacial score (nSPS) is 10.5. The summed E-state index contributed by atoms with van der Waals surface area (Å²) < 4.78 is 0. The Balaban J connectivity index is 1.90. The molecule has 2 aromatic rings. The predicted octanol–water partition coefficient (Wildman–Crippen LogP) is 3.43. The third kappa shape index (κ3) is 5.43. The van der Waals surface area contributed by atoms with Crippen molar-refractivity contribution in [2.75, 3.05) is 16.4 Å². The summed E-state index contributed by atoms with van der Waals surface area (Å²) in [6, 6.07) is 14.7. The quantitative estimate of drug-likeness (QED) is 0.711. The third-order valence-corrected chi connectivity index (χ3v) is 3.53. The lowest BCUT2D eigenvalue weighted by molar-refractivity contribution is -0.119. The molecule has 2 rings (SSSR count). The van der Waals surface area contributed by atoms with Crippen molar-refractivity contribution in [2.45, 2.75) is 26.7 Å². The van der Waals surface area contributed by atoms with E-state index in [2.05, 4.69) is 10.6 Å². The maximum absolute atomic E-state index is 12.1. The smallest absolute Gasteiger partial charge is 0.226 e. The Morgan fingerprint density at radius 3 is 2.33 bits per heavy atom. The number of carbonyl (C=O) groups excluding carboxylic acids is 2. The van der Waals surface area contributed by atoms with Gasteiger partial charge >= 0.3 is 0 Å². The summed E-state index contributed by atoms with van der Waals surface area (Å²) in [5.74, 6) is -0.230. The van der Waals surface area contributed by atoms with E-state index in [9.17, 15) is 9.59 Å². The van der Waals surface area contributed by atoms with Gasteiger partial charge in [-0.3, -0.25) is 9.59 Å². The van der Waals surface area contributed by atoms with E-state index >= 15 is 0 Å². The number of hydrogen-bond donors (Lipinski definition) is 3. The summed E-state index contributed by atoms with van der Waals surface area (Å²) >= 11 is 0. The van der Waals surface area contributed by atoms with Crippen LogP contribution in [0.4, 0.5) is 17.1 Å². The predicted molar refractivity (Wildman–Crippen MR) is 97.7 cm³/mol. The number of benzene rings is 2. The number of anilines is 3. The Kier molecular flexibility index (Phi) is 5.95. The van der Waals surface area contributed by atoms with Gasteiger partial charge in [-0.25, -0.2) is 0 Å². The van der Waals surface area contributed by atoms with E-state index in [4.69, 9.17) is 5.73 Å².